The van der Waals surface area contributed by atoms with Crippen LogP contribution in [0.4, 0.5) is 0 Å². The van der Waals surface area contributed by atoms with Gasteiger partial charge in [0.05, 0.1) is 12.6 Å². The second kappa shape index (κ2) is 5.78. The molecule has 0 fully saturated rings. The lowest BCUT2D eigenvalue weighted by Crippen LogP contribution is -2.15. The average molecular weight is 282 g/mol. The maximum Gasteiger partial charge on any atom is 0.143 e. The highest BCUT2D eigenvalue weighted by molar-refractivity contribution is 6.10. The zero-order valence-corrected chi connectivity index (χ0v) is 13.0. The van der Waals surface area contributed by atoms with E-state index in [-0.39, 0.29) is 0 Å². The van der Waals surface area contributed by atoms with Crippen LogP contribution in [0.5, 0.6) is 5.75 Å². The van der Waals surface area contributed by atoms with E-state index in [1.54, 1.807) is 7.11 Å². The molecule has 0 bridgehead atoms. The second-order valence-electron chi connectivity index (χ2n) is 5.68. The first-order valence-electron chi connectivity index (χ1n) is 7.41. The largest absolute Gasteiger partial charge is 0.495 e. The van der Waals surface area contributed by atoms with Crippen molar-refractivity contribution in [1.82, 2.24) is 9.47 Å². The number of hydrogen-bond acceptors (Lipinski definition) is 2. The lowest BCUT2D eigenvalue weighted by Gasteiger charge is -2.13. The summed E-state index contributed by atoms with van der Waals surface area (Å²) < 4.78 is 7.99. The Labute approximate surface area is 125 Å². The molecule has 0 saturated heterocycles. The summed E-state index contributed by atoms with van der Waals surface area (Å²) in [6, 6.07) is 14.9. The van der Waals surface area contributed by atoms with Gasteiger partial charge in [0.2, 0.25) is 0 Å². The number of aryl methyl sites for hydroxylation is 1. The van der Waals surface area contributed by atoms with Crippen LogP contribution < -0.4 is 4.74 Å². The molecule has 3 heteroatoms. The molecule has 0 aliphatic rings. The third-order valence-electron chi connectivity index (χ3n) is 3.96. The Bertz CT molecular complexity index is 758. The first-order chi connectivity index (χ1) is 10.2. The summed E-state index contributed by atoms with van der Waals surface area (Å²) in [6.07, 6.45) is 1.12. The quantitative estimate of drug-likeness (QED) is 0.709. The molecule has 0 unspecified atom stereocenters. The SMILES string of the molecule is COc1cccc2c3ccccc3n(CCCN(C)C)c12. The zero-order valence-electron chi connectivity index (χ0n) is 13.0. The van der Waals surface area contributed by atoms with Crippen molar-refractivity contribution < 1.29 is 4.74 Å². The number of rotatable bonds is 5. The molecule has 0 aliphatic carbocycles. The van der Waals surface area contributed by atoms with Crippen LogP contribution >= 0.6 is 0 Å². The Kier molecular flexibility index (Phi) is 3.84. The van der Waals surface area contributed by atoms with Crippen LogP contribution in [0, 0.1) is 0 Å². The van der Waals surface area contributed by atoms with Gasteiger partial charge in [-0.1, -0.05) is 30.3 Å². The number of benzene rings is 2. The van der Waals surface area contributed by atoms with E-state index in [0.717, 1.165) is 25.3 Å². The van der Waals surface area contributed by atoms with Gasteiger partial charge >= 0.3 is 0 Å². The number of hydrogen-bond donors (Lipinski definition) is 0. The normalized spacial score (nSPS) is 11.6. The second-order valence-corrected chi connectivity index (χ2v) is 5.68. The Hall–Kier alpha value is -2.00. The fourth-order valence-electron chi connectivity index (χ4n) is 3.02. The molecule has 0 N–H and O–H groups in total. The summed E-state index contributed by atoms with van der Waals surface area (Å²) in [5.74, 6) is 0.952. The van der Waals surface area contributed by atoms with Gasteiger partial charge in [-0.15, -0.1) is 0 Å². The van der Waals surface area contributed by atoms with Crippen molar-refractivity contribution in [3.05, 3.63) is 42.5 Å². The highest BCUT2D eigenvalue weighted by atomic mass is 16.5. The van der Waals surface area contributed by atoms with Crippen molar-refractivity contribution in [2.75, 3.05) is 27.7 Å². The third-order valence-corrected chi connectivity index (χ3v) is 3.96. The first-order valence-corrected chi connectivity index (χ1v) is 7.41. The fourth-order valence-corrected chi connectivity index (χ4v) is 3.02. The maximum absolute atomic E-state index is 5.59. The Morgan fingerprint density at radius 2 is 1.76 bits per heavy atom. The van der Waals surface area contributed by atoms with Crippen LogP contribution in [0.3, 0.4) is 0 Å². The lowest BCUT2D eigenvalue weighted by molar-refractivity contribution is 0.387. The number of nitrogens with zero attached hydrogens (tertiary/aromatic N) is 2. The minimum absolute atomic E-state index is 0.952. The third kappa shape index (κ3) is 2.49. The van der Waals surface area contributed by atoms with Gasteiger partial charge in [0.15, 0.2) is 0 Å². The molecule has 21 heavy (non-hydrogen) atoms. The zero-order chi connectivity index (χ0) is 14.8. The maximum atomic E-state index is 5.59. The van der Waals surface area contributed by atoms with Crippen molar-refractivity contribution in [3.63, 3.8) is 0 Å². The van der Waals surface area contributed by atoms with Gasteiger partial charge in [-0.25, -0.2) is 0 Å². The lowest BCUT2D eigenvalue weighted by atomic mass is 10.1. The summed E-state index contributed by atoms with van der Waals surface area (Å²) >= 11 is 0. The highest BCUT2D eigenvalue weighted by Gasteiger charge is 2.13. The van der Waals surface area contributed by atoms with E-state index < -0.39 is 0 Å². The molecular weight excluding hydrogens is 260 g/mol. The summed E-state index contributed by atoms with van der Waals surface area (Å²) in [6.45, 7) is 2.09. The van der Waals surface area contributed by atoms with E-state index in [2.05, 4.69) is 60.0 Å². The van der Waals surface area contributed by atoms with Gasteiger partial charge in [-0.2, -0.15) is 0 Å². The number of ether oxygens (including phenoxy) is 1. The molecule has 3 nitrogen and oxygen atoms in total. The molecule has 3 rings (SSSR count). The Morgan fingerprint density at radius 1 is 1.00 bits per heavy atom. The summed E-state index contributed by atoms with van der Waals surface area (Å²) in [4.78, 5) is 2.23. The van der Waals surface area contributed by atoms with E-state index >= 15 is 0 Å². The number of fused-ring (bicyclic) bond motifs is 3. The van der Waals surface area contributed by atoms with E-state index in [9.17, 15) is 0 Å². The van der Waals surface area contributed by atoms with E-state index in [1.165, 1.54) is 21.8 Å². The Morgan fingerprint density at radius 3 is 2.52 bits per heavy atom. The molecule has 0 saturated carbocycles. The average Bonchev–Trinajstić information content (AvgIpc) is 2.82. The molecule has 1 aromatic heterocycles. The smallest absolute Gasteiger partial charge is 0.143 e. The van der Waals surface area contributed by atoms with Crippen LogP contribution in [0.2, 0.25) is 0 Å². The topological polar surface area (TPSA) is 17.4 Å². The van der Waals surface area contributed by atoms with Gasteiger partial charge in [-0.05, 0) is 39.2 Å². The van der Waals surface area contributed by atoms with Crippen molar-refractivity contribution >= 4 is 21.8 Å². The molecule has 1 heterocycles. The molecule has 3 aromatic rings. The monoisotopic (exact) mass is 282 g/mol. The van der Waals surface area contributed by atoms with Crippen molar-refractivity contribution in [1.29, 1.82) is 0 Å². The van der Waals surface area contributed by atoms with Gasteiger partial charge in [0.25, 0.3) is 0 Å². The van der Waals surface area contributed by atoms with Gasteiger partial charge in [0, 0.05) is 22.8 Å². The van der Waals surface area contributed by atoms with Crippen LogP contribution in [-0.2, 0) is 6.54 Å². The highest BCUT2D eigenvalue weighted by Crippen LogP contribution is 2.34. The summed E-state index contributed by atoms with van der Waals surface area (Å²) in [7, 11) is 5.98. The molecular formula is C18H22N2O. The van der Waals surface area contributed by atoms with E-state index in [0.29, 0.717) is 0 Å². The molecule has 0 aliphatic heterocycles. The number of methoxy groups -OCH3 is 1. The van der Waals surface area contributed by atoms with Crippen LogP contribution in [0.15, 0.2) is 42.5 Å². The minimum Gasteiger partial charge on any atom is -0.495 e. The number of para-hydroxylation sites is 2. The summed E-state index contributed by atoms with van der Waals surface area (Å²) in [5, 5.41) is 2.58. The van der Waals surface area contributed by atoms with E-state index in [4.69, 9.17) is 4.74 Å². The van der Waals surface area contributed by atoms with Gasteiger partial charge in [0.1, 0.15) is 5.75 Å². The molecule has 2 aromatic carbocycles. The van der Waals surface area contributed by atoms with Gasteiger partial charge in [-0.3, -0.25) is 0 Å². The molecule has 0 spiro atoms. The van der Waals surface area contributed by atoms with Gasteiger partial charge < -0.3 is 14.2 Å². The number of aromatic nitrogens is 1. The molecule has 0 atom stereocenters. The van der Waals surface area contributed by atoms with Crippen molar-refractivity contribution in [2.24, 2.45) is 0 Å². The standard InChI is InChI=1S/C18H22N2O/c1-19(2)12-7-13-20-16-10-5-4-8-14(16)15-9-6-11-17(21-3)18(15)20/h4-6,8-11H,7,12-13H2,1-3H3. The summed E-state index contributed by atoms with van der Waals surface area (Å²) in [5.41, 5.74) is 2.50. The Balaban J connectivity index is 2.17. The molecule has 0 radical (unpaired) electrons. The molecule has 110 valence electrons. The first kappa shape index (κ1) is 14.0. The van der Waals surface area contributed by atoms with Crippen molar-refractivity contribution in [3.8, 4) is 5.75 Å². The van der Waals surface area contributed by atoms with Crippen LogP contribution in [-0.4, -0.2) is 37.2 Å². The molecule has 0 amide bonds. The fraction of sp³-hybridized carbons (Fsp3) is 0.333. The van der Waals surface area contributed by atoms with E-state index in [1.807, 2.05) is 6.07 Å². The van der Waals surface area contributed by atoms with Crippen LogP contribution in [0.1, 0.15) is 6.42 Å². The minimum atomic E-state index is 0.952. The van der Waals surface area contributed by atoms with Crippen molar-refractivity contribution in [2.45, 2.75) is 13.0 Å². The predicted molar refractivity (Wildman–Crippen MR) is 89.2 cm³/mol. The van der Waals surface area contributed by atoms with Crippen LogP contribution in [0.25, 0.3) is 21.8 Å². The predicted octanol–water partition coefficient (Wildman–Crippen LogP) is 3.75.